The Morgan fingerprint density at radius 3 is 2.09 bits per heavy atom. The molecule has 14 nitrogen and oxygen atoms in total. The van der Waals surface area contributed by atoms with Crippen molar-refractivity contribution in [1.82, 2.24) is 0 Å². The first kappa shape index (κ1) is 57.0. The molecule has 0 saturated heterocycles. The zero-order valence-corrected chi connectivity index (χ0v) is 46.3. The van der Waals surface area contributed by atoms with E-state index in [2.05, 4.69) is 29.3 Å². The number of rotatable bonds is 18. The van der Waals surface area contributed by atoms with E-state index in [0.29, 0.717) is 42.1 Å². The third kappa shape index (κ3) is 16.2. The molecule has 2 aliphatic rings. The van der Waals surface area contributed by atoms with Gasteiger partial charge in [0.15, 0.2) is 0 Å². The molecule has 298 valence electrons. The third-order valence-corrected chi connectivity index (χ3v) is 12.9. The molecule has 0 bridgehead atoms. The average molecular weight is 943 g/mol. The number of benzene rings is 2. The molecule has 2 unspecified atom stereocenters. The fourth-order valence-corrected chi connectivity index (χ4v) is 9.23. The molecule has 0 spiro atoms. The number of allylic oxidation sites excluding steroid dienone is 7. The van der Waals surface area contributed by atoms with Crippen LogP contribution in [0.4, 0.5) is 11.4 Å². The van der Waals surface area contributed by atoms with Crippen LogP contribution in [0.2, 0.25) is 0 Å². The summed E-state index contributed by atoms with van der Waals surface area (Å²) in [5.41, 5.74) is 3.93. The van der Waals surface area contributed by atoms with Crippen molar-refractivity contribution in [2.45, 2.75) is 87.0 Å². The van der Waals surface area contributed by atoms with Crippen molar-refractivity contribution in [2.75, 3.05) is 29.5 Å². The van der Waals surface area contributed by atoms with Crippen molar-refractivity contribution in [3.8, 4) is 0 Å². The molecule has 57 heavy (non-hydrogen) atoms. The standard InChI is InChI=1S/C36H48N2O12S4.3K/c1-26(12-10-14-33-35(2,3)29-24-27(51-50-49-39)16-18-31(29)37(33)20-6-8-22-52(40,41)42)13-11-15-34-36(4,5)30-25-28(54(46,47)48)17-19-32(30)38(34)21-7-9-23-53(43,44)45;;;/h10-19,24-25,33,39H,6-9,20-23H2,1-5H3,(H,40,41,42)(H,43,44,45)(H,46,47,48);;;/q;3*+1/p-3/b13-11+,14-10+,26-12+,34-15+;;;. The molecule has 0 radical (unpaired) electrons. The summed E-state index contributed by atoms with van der Waals surface area (Å²) in [6.45, 7) is 10.9. The van der Waals surface area contributed by atoms with Crippen LogP contribution in [-0.2, 0) is 50.6 Å². The van der Waals surface area contributed by atoms with Gasteiger partial charge in [0.05, 0.1) is 49.1 Å². The molecule has 2 aliphatic heterocycles. The summed E-state index contributed by atoms with van der Waals surface area (Å²) in [5.74, 6) is -0.928. The first-order valence-electron chi connectivity index (χ1n) is 17.2. The Hall–Kier alpha value is 2.03. The summed E-state index contributed by atoms with van der Waals surface area (Å²) < 4.78 is 107. The number of unbranched alkanes of at least 4 members (excludes halogenated alkanes) is 2. The van der Waals surface area contributed by atoms with Gasteiger partial charge in [-0.3, -0.25) is 9.94 Å². The molecule has 4 rings (SSSR count). The molecule has 0 amide bonds. The van der Waals surface area contributed by atoms with Gasteiger partial charge in [0.25, 0.3) is 0 Å². The van der Waals surface area contributed by atoms with Crippen LogP contribution >= 0.6 is 12.0 Å². The number of hydrogen-bond acceptors (Lipinski definition) is 14. The second-order valence-electron chi connectivity index (χ2n) is 14.5. The van der Waals surface area contributed by atoms with E-state index in [4.69, 9.17) is 0 Å². The molecular formula is C36H45K3N2O12S4. The largest absolute Gasteiger partial charge is 1.00 e. The van der Waals surface area contributed by atoms with Gasteiger partial charge in [-0.2, -0.15) is 4.33 Å². The Morgan fingerprint density at radius 1 is 0.860 bits per heavy atom. The number of hydrogen-bond donors (Lipinski definition) is 1. The fraction of sp³-hybridized carbons (Fsp3) is 0.444. The third-order valence-electron chi connectivity index (χ3n) is 9.89. The second kappa shape index (κ2) is 24.4. The maximum atomic E-state index is 11.8. The molecule has 0 aromatic heterocycles. The van der Waals surface area contributed by atoms with Gasteiger partial charge in [-0.25, -0.2) is 25.3 Å². The Labute approximate surface area is 469 Å². The van der Waals surface area contributed by atoms with Crippen LogP contribution in [0.3, 0.4) is 0 Å². The van der Waals surface area contributed by atoms with Gasteiger partial charge in [0.2, 0.25) is 0 Å². The van der Waals surface area contributed by atoms with Crippen molar-refractivity contribution in [2.24, 2.45) is 0 Å². The number of nitrogens with one attached hydrogen (secondary N) is 1. The molecule has 0 aliphatic carbocycles. The molecular weight excluding hydrogens is 898 g/mol. The van der Waals surface area contributed by atoms with Gasteiger partial charge in [-0.05, 0) is 94.5 Å². The summed E-state index contributed by atoms with van der Waals surface area (Å²) in [5, 5.41) is 13.9. The van der Waals surface area contributed by atoms with Crippen LogP contribution < -0.4 is 169 Å². The quantitative estimate of drug-likeness (QED) is 0.0281. The van der Waals surface area contributed by atoms with Crippen LogP contribution in [0.1, 0.15) is 71.4 Å². The zero-order valence-electron chi connectivity index (χ0n) is 33.6. The number of fused-ring (bicyclic) bond motifs is 2. The normalized spacial score (nSPS) is 19.6. The molecule has 2 aromatic carbocycles. The zero-order chi connectivity index (χ0) is 40.1. The average Bonchev–Trinajstić information content (AvgIpc) is 3.40. The topological polar surface area (TPSA) is 221 Å². The summed E-state index contributed by atoms with van der Waals surface area (Å²) in [7, 11) is -13.4. The summed E-state index contributed by atoms with van der Waals surface area (Å²) >= 11 is 0.797. The van der Waals surface area contributed by atoms with E-state index in [1.165, 1.54) is 12.1 Å². The molecule has 2 aromatic rings. The second-order valence-corrected chi connectivity index (χ2v) is 19.7. The van der Waals surface area contributed by atoms with E-state index in [0.717, 1.165) is 39.5 Å². The van der Waals surface area contributed by atoms with Gasteiger partial charge in [-0.1, -0.05) is 43.7 Å². The van der Waals surface area contributed by atoms with Gasteiger partial charge in [-0.15, -0.1) is 0 Å². The minimum Gasteiger partial charge on any atom is -0.748 e. The first-order chi connectivity index (χ1) is 25.1. The molecule has 21 heteroatoms. The van der Waals surface area contributed by atoms with Gasteiger partial charge in [0.1, 0.15) is 21.8 Å². The number of anilines is 1. The van der Waals surface area contributed by atoms with Crippen molar-refractivity contribution < 1.29 is 213 Å². The van der Waals surface area contributed by atoms with Crippen LogP contribution in [0.25, 0.3) is 0 Å². The van der Waals surface area contributed by atoms with Crippen LogP contribution in [0.5, 0.6) is 0 Å². The number of nitrogens with zero attached hydrogens (tertiary/aromatic N) is 1. The van der Waals surface area contributed by atoms with Crippen LogP contribution in [0.15, 0.2) is 93.9 Å². The first-order valence-corrected chi connectivity index (χ1v) is 22.5. The van der Waals surface area contributed by atoms with Crippen molar-refractivity contribution in [3.63, 3.8) is 0 Å². The summed E-state index contributed by atoms with van der Waals surface area (Å²) in [6, 6.07) is 9.81. The molecule has 2 heterocycles. The van der Waals surface area contributed by atoms with Crippen molar-refractivity contribution in [3.05, 3.63) is 95.3 Å². The van der Waals surface area contributed by atoms with Crippen molar-refractivity contribution >= 4 is 53.8 Å². The monoisotopic (exact) mass is 942 g/mol. The predicted octanol–water partition coefficient (Wildman–Crippen LogP) is -5.60. The maximum absolute atomic E-state index is 11.8. The van der Waals surface area contributed by atoms with E-state index in [9.17, 15) is 44.2 Å². The van der Waals surface area contributed by atoms with Gasteiger partial charge in [0, 0.05) is 51.4 Å². The van der Waals surface area contributed by atoms with Gasteiger partial charge >= 0.3 is 154 Å². The molecule has 0 saturated carbocycles. The molecule has 1 N–H and O–H groups in total. The Bertz CT molecular complexity index is 2160. The van der Waals surface area contributed by atoms with Gasteiger partial charge < -0.3 is 23.8 Å². The molecule has 0 fully saturated rings. The van der Waals surface area contributed by atoms with E-state index in [1.54, 1.807) is 6.07 Å². The SMILES string of the molecule is CC(/C=C/C=C1/N(CCCCS(=O)(=O)[O-])c2ccc(S(=O)(=O)[O-])cc2C1(C)C)=C\C=C\C1[NH+](CCCCS(=O)(=O)[O-])c2ccc(SOO[O-])cc2C1(C)C.[K+].[K+].[K+]. The minimum absolute atomic E-state index is 0. The Morgan fingerprint density at radius 2 is 1.49 bits per heavy atom. The van der Waals surface area contributed by atoms with E-state index in [1.807, 2.05) is 74.3 Å². The summed E-state index contributed by atoms with van der Waals surface area (Å²) in [4.78, 5) is 3.38. The smallest absolute Gasteiger partial charge is 0.748 e. The number of quaternary nitrogens is 1. The van der Waals surface area contributed by atoms with E-state index < -0.39 is 52.7 Å². The van der Waals surface area contributed by atoms with Crippen molar-refractivity contribution in [1.29, 1.82) is 0 Å². The Balaban J connectivity index is 0.00000541. The molecule has 2 atom stereocenters. The summed E-state index contributed by atoms with van der Waals surface area (Å²) in [6.07, 6.45) is 12.9. The minimum atomic E-state index is -4.71. The van der Waals surface area contributed by atoms with Crippen LogP contribution in [-0.4, -0.2) is 69.5 Å². The van der Waals surface area contributed by atoms with E-state index in [-0.39, 0.29) is 178 Å². The van der Waals surface area contributed by atoms with E-state index >= 15 is 0 Å². The Kier molecular flexibility index (Phi) is 24.4. The predicted molar refractivity (Wildman–Crippen MR) is 199 cm³/mol. The van der Waals surface area contributed by atoms with Crippen LogP contribution in [0, 0.1) is 0 Å². The maximum Gasteiger partial charge on any atom is 1.00 e. The fourth-order valence-electron chi connectivity index (χ4n) is 7.22.